The van der Waals surface area contributed by atoms with Gasteiger partial charge in [0.1, 0.15) is 11.4 Å². The van der Waals surface area contributed by atoms with Crippen molar-refractivity contribution in [2.24, 2.45) is 0 Å². The minimum absolute atomic E-state index is 0. The average molecular weight is 389 g/mol. The molecule has 0 amide bonds. The van der Waals surface area contributed by atoms with E-state index in [0.29, 0.717) is 42.3 Å². The second-order valence-electron chi connectivity index (χ2n) is 7.01. The van der Waals surface area contributed by atoms with Gasteiger partial charge in [0.05, 0.1) is 23.5 Å². The predicted molar refractivity (Wildman–Crippen MR) is 103 cm³/mol. The van der Waals surface area contributed by atoms with Crippen molar-refractivity contribution in [3.8, 4) is 5.75 Å². The number of hydrogen-bond acceptors (Lipinski definition) is 6. The van der Waals surface area contributed by atoms with Gasteiger partial charge in [0, 0.05) is 31.6 Å². The van der Waals surface area contributed by atoms with Crippen molar-refractivity contribution in [2.75, 3.05) is 42.6 Å². The molecule has 3 aliphatic rings. The summed E-state index contributed by atoms with van der Waals surface area (Å²) in [7, 11) is -2.41. The van der Waals surface area contributed by atoms with Crippen molar-refractivity contribution in [2.45, 2.75) is 24.9 Å². The molecule has 6 nitrogen and oxygen atoms in total. The first-order valence-corrected chi connectivity index (χ1v) is 10.4. The molecule has 1 aromatic rings. The molecule has 1 spiro atoms. The van der Waals surface area contributed by atoms with E-state index in [9.17, 15) is 13.9 Å². The number of carbonyl (C=O) groups is 1. The summed E-state index contributed by atoms with van der Waals surface area (Å²) in [6.45, 7) is 2.99. The Morgan fingerprint density at radius 2 is 1.84 bits per heavy atom. The highest BCUT2D eigenvalue weighted by Gasteiger charge is 2.41. The van der Waals surface area contributed by atoms with Crippen molar-refractivity contribution >= 4 is 34.5 Å². The molecule has 3 N–H and O–H groups in total. The number of halogens is 1. The molecule has 140 valence electrons. The molecule has 0 aromatic heterocycles. The van der Waals surface area contributed by atoms with Crippen molar-refractivity contribution in [3.63, 3.8) is 0 Å². The van der Waals surface area contributed by atoms with Crippen LogP contribution in [0.1, 0.15) is 29.6 Å². The van der Waals surface area contributed by atoms with Crippen LogP contribution >= 0.6 is 23.0 Å². The van der Waals surface area contributed by atoms with Gasteiger partial charge in [0.25, 0.3) is 0 Å². The summed E-state index contributed by atoms with van der Waals surface area (Å²) in [5.74, 6) is 1.63. The number of benzene rings is 1. The first kappa shape index (κ1) is 18.8. The number of carbonyl (C=O) groups excluding carboxylic acids is 1. The van der Waals surface area contributed by atoms with Crippen LogP contribution in [0, 0.1) is 0 Å². The lowest BCUT2D eigenvalue weighted by Crippen LogP contribution is -2.49. The maximum absolute atomic E-state index is 12.7. The Balaban J connectivity index is 0.00000182. The van der Waals surface area contributed by atoms with Crippen LogP contribution in [0.5, 0.6) is 5.75 Å². The number of ether oxygens (including phenoxy) is 1. The van der Waals surface area contributed by atoms with Gasteiger partial charge in [-0.2, -0.15) is 10.6 Å². The fraction of sp³-hybridized carbons (Fsp3) is 0.588. The van der Waals surface area contributed by atoms with E-state index in [1.165, 1.54) is 0 Å². The van der Waals surface area contributed by atoms with E-state index in [1.54, 1.807) is 0 Å². The third-order valence-electron chi connectivity index (χ3n) is 5.33. The topological polar surface area (TPSA) is 82.0 Å². The smallest absolute Gasteiger partial charge is 0.170 e. The first-order chi connectivity index (χ1) is 11.5. The molecule has 25 heavy (non-hydrogen) atoms. The summed E-state index contributed by atoms with van der Waals surface area (Å²) in [5.41, 5.74) is 1.29. The van der Waals surface area contributed by atoms with E-state index in [2.05, 4.69) is 10.2 Å². The Labute approximate surface area is 155 Å². The maximum atomic E-state index is 12.7. The Morgan fingerprint density at radius 3 is 2.52 bits per heavy atom. The quantitative estimate of drug-likeness (QED) is 0.686. The van der Waals surface area contributed by atoms with Crippen LogP contribution in [0.3, 0.4) is 0 Å². The third-order valence-corrected chi connectivity index (χ3v) is 7.00. The van der Waals surface area contributed by atoms with Gasteiger partial charge in [0.2, 0.25) is 0 Å². The molecule has 8 heteroatoms. The van der Waals surface area contributed by atoms with E-state index in [4.69, 9.17) is 4.74 Å². The number of Topliss-reactive ketones (excluding diaryl/α,β-unsaturated/α-hetero) is 1. The van der Waals surface area contributed by atoms with E-state index in [0.717, 1.165) is 31.6 Å². The normalized spacial score (nSPS) is 25.5. The van der Waals surface area contributed by atoms with Crippen molar-refractivity contribution in [1.82, 2.24) is 5.32 Å². The van der Waals surface area contributed by atoms with Crippen LogP contribution in [0.2, 0.25) is 0 Å². The molecule has 3 aliphatic heterocycles. The fourth-order valence-corrected chi connectivity index (χ4v) is 5.05. The van der Waals surface area contributed by atoms with Gasteiger partial charge in [-0.25, -0.2) is 0 Å². The Hall–Kier alpha value is -0.990. The van der Waals surface area contributed by atoms with Gasteiger partial charge in [0.15, 0.2) is 5.78 Å². The zero-order valence-electron chi connectivity index (χ0n) is 14.1. The summed E-state index contributed by atoms with van der Waals surface area (Å²) >= 11 is 0. The largest absolute Gasteiger partial charge is 0.486 e. The second-order valence-corrected chi connectivity index (χ2v) is 9.43. The fourth-order valence-electron chi connectivity index (χ4n) is 3.82. The predicted octanol–water partition coefficient (Wildman–Crippen LogP) is 2.77. The van der Waals surface area contributed by atoms with Crippen LogP contribution in [0.4, 0.5) is 5.69 Å². The second kappa shape index (κ2) is 6.96. The molecule has 0 bridgehead atoms. The monoisotopic (exact) mass is 388 g/mol. The minimum atomic E-state index is -2.41. The van der Waals surface area contributed by atoms with Gasteiger partial charge in [-0.05, 0) is 31.3 Å². The number of nitrogens with one attached hydrogen (secondary N) is 1. The lowest BCUT2D eigenvalue weighted by molar-refractivity contribution is 0.0187. The molecule has 2 saturated heterocycles. The van der Waals surface area contributed by atoms with E-state index >= 15 is 0 Å². The van der Waals surface area contributed by atoms with E-state index in [1.807, 2.05) is 18.2 Å². The summed E-state index contributed by atoms with van der Waals surface area (Å²) in [4.78, 5) is 14.8. The molecule has 4 rings (SSSR count). The number of hydrogen-bond donors (Lipinski definition) is 3. The first-order valence-electron chi connectivity index (χ1n) is 8.52. The zero-order valence-corrected chi connectivity index (χ0v) is 15.7. The molecular weight excluding hydrogens is 364 g/mol. The SMILES string of the molecule is Cl.O=C1CC2(CCNCC2)Oc2ccc(N3CCS(O)(O)CC3)cc21. The lowest BCUT2D eigenvalue weighted by atomic mass is 9.83. The number of rotatable bonds is 1. The van der Waals surface area contributed by atoms with Crippen LogP contribution in [0.25, 0.3) is 0 Å². The van der Waals surface area contributed by atoms with Crippen LogP contribution in [-0.4, -0.2) is 58.2 Å². The van der Waals surface area contributed by atoms with Gasteiger partial charge in [-0.1, -0.05) is 0 Å². The summed E-state index contributed by atoms with van der Waals surface area (Å²) in [6, 6.07) is 5.78. The average Bonchev–Trinajstić information content (AvgIpc) is 2.55. The van der Waals surface area contributed by atoms with Crippen LogP contribution in [0.15, 0.2) is 18.2 Å². The number of anilines is 1. The van der Waals surface area contributed by atoms with Crippen LogP contribution in [-0.2, 0) is 0 Å². The molecule has 2 fully saturated rings. The molecule has 0 aliphatic carbocycles. The molecular formula is C17H25ClN2O4S. The standard InChI is InChI=1S/C17H24N2O4S.ClH/c20-15-12-17(3-5-18-6-4-17)23-16-2-1-13(11-14(15)16)19-7-9-24(21,22)10-8-19;/h1-2,11,18,21-22H,3-10,12H2;1H. The highest BCUT2D eigenvalue weighted by Crippen LogP contribution is 2.43. The molecule has 0 saturated carbocycles. The number of fused-ring (bicyclic) bond motifs is 1. The third kappa shape index (κ3) is 3.75. The number of ketones is 1. The summed E-state index contributed by atoms with van der Waals surface area (Å²) < 4.78 is 25.7. The van der Waals surface area contributed by atoms with Crippen molar-refractivity contribution in [3.05, 3.63) is 23.8 Å². The van der Waals surface area contributed by atoms with E-state index < -0.39 is 10.6 Å². The molecule has 0 radical (unpaired) electrons. The van der Waals surface area contributed by atoms with Gasteiger partial charge >= 0.3 is 0 Å². The Kier molecular flexibility index (Phi) is 5.23. The molecule has 0 unspecified atom stereocenters. The number of piperidine rings is 1. The summed E-state index contributed by atoms with van der Waals surface area (Å²) in [5, 5.41) is 3.32. The van der Waals surface area contributed by atoms with Crippen LogP contribution < -0.4 is 15.0 Å². The van der Waals surface area contributed by atoms with Crippen molar-refractivity contribution < 1.29 is 18.6 Å². The lowest BCUT2D eigenvalue weighted by Gasteiger charge is -2.43. The highest BCUT2D eigenvalue weighted by atomic mass is 35.5. The van der Waals surface area contributed by atoms with E-state index in [-0.39, 0.29) is 23.8 Å². The Bertz CT molecular complexity index is 654. The highest BCUT2D eigenvalue weighted by molar-refractivity contribution is 8.24. The van der Waals surface area contributed by atoms with Crippen molar-refractivity contribution in [1.29, 1.82) is 0 Å². The summed E-state index contributed by atoms with van der Waals surface area (Å²) in [6.07, 6.45) is 2.18. The van der Waals surface area contributed by atoms with Gasteiger partial charge < -0.3 is 15.0 Å². The van der Waals surface area contributed by atoms with Gasteiger partial charge in [-0.15, -0.1) is 12.4 Å². The molecule has 0 atom stereocenters. The minimum Gasteiger partial charge on any atom is -0.486 e. The Morgan fingerprint density at radius 1 is 1.16 bits per heavy atom. The molecule has 3 heterocycles. The number of nitrogens with zero attached hydrogens (tertiary/aromatic N) is 1. The maximum Gasteiger partial charge on any atom is 0.170 e. The zero-order chi connectivity index (χ0) is 16.8. The van der Waals surface area contributed by atoms with Gasteiger partial charge in [-0.3, -0.25) is 13.9 Å². The molecule has 1 aromatic carbocycles.